The fraction of sp³-hybridized carbons (Fsp3) is 0.944. The van der Waals surface area contributed by atoms with E-state index in [9.17, 15) is 43.2 Å². The Balaban J connectivity index is 5.25. The molecule has 4 unspecified atom stereocenters. The summed E-state index contributed by atoms with van der Waals surface area (Å²) < 4.78 is 68.4. The summed E-state index contributed by atoms with van der Waals surface area (Å²) >= 11 is 0. The molecule has 0 rings (SSSR count). The van der Waals surface area contributed by atoms with Crippen LogP contribution in [0.1, 0.15) is 357 Å². The molecule has 0 saturated heterocycles. The molecule has 91 heavy (non-hydrogen) atoms. The lowest BCUT2D eigenvalue weighted by atomic mass is 9.99. The van der Waals surface area contributed by atoms with Crippen molar-refractivity contribution in [2.75, 3.05) is 39.6 Å². The monoisotopic (exact) mass is 1340 g/mol. The van der Waals surface area contributed by atoms with E-state index in [4.69, 9.17) is 37.0 Å². The predicted octanol–water partition coefficient (Wildman–Crippen LogP) is 20.5. The van der Waals surface area contributed by atoms with Crippen molar-refractivity contribution in [1.82, 2.24) is 0 Å². The third kappa shape index (κ3) is 65.1. The first-order valence-electron chi connectivity index (χ1n) is 37.2. The van der Waals surface area contributed by atoms with E-state index in [0.717, 1.165) is 114 Å². The second-order valence-corrected chi connectivity index (χ2v) is 30.6. The Morgan fingerprint density at radius 2 is 0.527 bits per heavy atom. The number of carbonyl (C=O) groups excluding carboxylic acids is 4. The van der Waals surface area contributed by atoms with Gasteiger partial charge in [0.05, 0.1) is 26.4 Å². The van der Waals surface area contributed by atoms with Gasteiger partial charge < -0.3 is 33.8 Å². The average Bonchev–Trinajstić information content (AvgIpc) is 3.35. The van der Waals surface area contributed by atoms with E-state index in [0.29, 0.717) is 31.6 Å². The highest BCUT2D eigenvalue weighted by molar-refractivity contribution is 7.47. The van der Waals surface area contributed by atoms with Crippen LogP contribution in [0.2, 0.25) is 0 Å². The van der Waals surface area contributed by atoms with Crippen LogP contribution < -0.4 is 0 Å². The van der Waals surface area contributed by atoms with Crippen LogP contribution in [0, 0.1) is 23.7 Å². The number of hydrogen-bond acceptors (Lipinski definition) is 15. The maximum absolute atomic E-state index is 13.0. The molecule has 0 aromatic carbocycles. The Hall–Kier alpha value is -1.94. The van der Waals surface area contributed by atoms with Crippen LogP contribution in [-0.4, -0.2) is 96.7 Å². The standard InChI is InChI=1S/C72H140O17P2/c1-9-65(8)51-43-35-27-18-15-16-20-30-39-47-55-72(77)88-67(58-82-69(74)52-44-36-28-22-21-25-33-41-49-63(4)5)60-86-90(78,79)84-56-66(73)57-85-91(80,81)87-61-68(59-83-70(75)53-45-37-31-23-26-34-42-50-64(6)7)89-71(76)54-46-38-29-19-14-12-10-11-13-17-24-32-40-48-62(2)3/h62-68,73H,9-61H2,1-8H3,(H,78,79)(H,80,81)/t65?,66?,67-,68-/m1/s1. The molecule has 0 heterocycles. The molecule has 19 heteroatoms. The second-order valence-electron chi connectivity index (χ2n) is 27.6. The minimum absolute atomic E-state index is 0.105. The first-order valence-corrected chi connectivity index (χ1v) is 40.2. The van der Waals surface area contributed by atoms with Gasteiger partial charge in [-0.25, -0.2) is 9.13 Å². The molecule has 0 bridgehead atoms. The van der Waals surface area contributed by atoms with Crippen LogP contribution in [0.15, 0.2) is 0 Å². The largest absolute Gasteiger partial charge is 0.472 e. The number of rotatable bonds is 69. The van der Waals surface area contributed by atoms with Gasteiger partial charge in [-0.15, -0.1) is 0 Å². The van der Waals surface area contributed by atoms with Crippen molar-refractivity contribution in [3.05, 3.63) is 0 Å². The zero-order chi connectivity index (χ0) is 67.5. The summed E-state index contributed by atoms with van der Waals surface area (Å²) in [6, 6.07) is 0. The number of carbonyl (C=O) groups is 4. The average molecular weight is 1340 g/mol. The van der Waals surface area contributed by atoms with E-state index in [1.54, 1.807) is 0 Å². The smallest absolute Gasteiger partial charge is 0.462 e. The Morgan fingerprint density at radius 1 is 0.308 bits per heavy atom. The van der Waals surface area contributed by atoms with Gasteiger partial charge in [0, 0.05) is 25.7 Å². The number of aliphatic hydroxyl groups is 1. The van der Waals surface area contributed by atoms with E-state index in [1.807, 2.05) is 0 Å². The van der Waals surface area contributed by atoms with E-state index >= 15 is 0 Å². The molecule has 0 radical (unpaired) electrons. The number of unbranched alkanes of at least 4 members (excludes halogenated alkanes) is 34. The zero-order valence-corrected chi connectivity index (χ0v) is 61.3. The Morgan fingerprint density at radius 3 is 0.780 bits per heavy atom. The fourth-order valence-corrected chi connectivity index (χ4v) is 12.4. The molecule has 0 amide bonds. The van der Waals surface area contributed by atoms with Crippen molar-refractivity contribution in [1.29, 1.82) is 0 Å². The first kappa shape index (κ1) is 89.1. The molecule has 0 fully saturated rings. The molecule has 17 nitrogen and oxygen atoms in total. The van der Waals surface area contributed by atoms with Crippen molar-refractivity contribution in [2.45, 2.75) is 375 Å². The maximum atomic E-state index is 13.0. The highest BCUT2D eigenvalue weighted by Gasteiger charge is 2.30. The molecule has 0 aliphatic rings. The SMILES string of the molecule is CCC(C)CCCCCCCCCCCCC(=O)O[C@H](COC(=O)CCCCCCCCCCC(C)C)COP(=O)(O)OCC(O)COP(=O)(O)OC[C@@H](COC(=O)CCCCCCCCCC(C)C)OC(=O)CCCCCCCCCCCCCCCC(C)C. The Kier molecular flexibility index (Phi) is 60.3. The van der Waals surface area contributed by atoms with Gasteiger partial charge in [0.2, 0.25) is 0 Å². The number of esters is 4. The van der Waals surface area contributed by atoms with Gasteiger partial charge in [0.25, 0.3) is 0 Å². The van der Waals surface area contributed by atoms with Crippen molar-refractivity contribution >= 4 is 39.5 Å². The van der Waals surface area contributed by atoms with Gasteiger partial charge in [-0.2, -0.15) is 0 Å². The lowest BCUT2D eigenvalue weighted by molar-refractivity contribution is -0.161. The number of aliphatic hydroxyl groups excluding tert-OH is 1. The summed E-state index contributed by atoms with van der Waals surface area (Å²) in [5, 5.41) is 10.6. The van der Waals surface area contributed by atoms with Crippen LogP contribution in [-0.2, 0) is 65.4 Å². The molecule has 0 aromatic rings. The Bertz CT molecular complexity index is 1800. The van der Waals surface area contributed by atoms with Gasteiger partial charge in [-0.05, 0) is 49.4 Å². The maximum Gasteiger partial charge on any atom is 0.472 e. The normalized spacial score (nSPS) is 14.5. The number of ether oxygens (including phenoxy) is 4. The van der Waals surface area contributed by atoms with Gasteiger partial charge in [0.15, 0.2) is 12.2 Å². The minimum Gasteiger partial charge on any atom is -0.462 e. The molecule has 0 spiro atoms. The fourth-order valence-electron chi connectivity index (χ4n) is 10.8. The third-order valence-electron chi connectivity index (χ3n) is 16.9. The molecule has 0 aliphatic heterocycles. The topological polar surface area (TPSA) is 237 Å². The van der Waals surface area contributed by atoms with E-state index in [1.165, 1.54) is 154 Å². The van der Waals surface area contributed by atoms with Gasteiger partial charge in [-0.3, -0.25) is 37.3 Å². The van der Waals surface area contributed by atoms with Crippen LogP contribution in [0.5, 0.6) is 0 Å². The quantitative estimate of drug-likeness (QED) is 0.0222. The van der Waals surface area contributed by atoms with Crippen LogP contribution in [0.25, 0.3) is 0 Å². The summed E-state index contributed by atoms with van der Waals surface area (Å²) in [4.78, 5) is 72.6. The summed E-state index contributed by atoms with van der Waals surface area (Å²) in [7, 11) is -9.91. The van der Waals surface area contributed by atoms with Gasteiger partial charge >= 0.3 is 39.5 Å². The van der Waals surface area contributed by atoms with Crippen LogP contribution in [0.3, 0.4) is 0 Å². The first-order chi connectivity index (χ1) is 43.6. The highest BCUT2D eigenvalue weighted by Crippen LogP contribution is 2.45. The summed E-state index contributed by atoms with van der Waals surface area (Å²) in [5.74, 6) is 0.893. The summed E-state index contributed by atoms with van der Waals surface area (Å²) in [5.41, 5.74) is 0. The molecule has 6 atom stereocenters. The second kappa shape index (κ2) is 61.6. The van der Waals surface area contributed by atoms with Gasteiger partial charge in [0.1, 0.15) is 19.3 Å². The summed E-state index contributed by atoms with van der Waals surface area (Å²) in [6.45, 7) is 14.1. The van der Waals surface area contributed by atoms with Crippen molar-refractivity contribution < 1.29 is 80.2 Å². The van der Waals surface area contributed by atoms with Gasteiger partial charge in [-0.1, -0.05) is 306 Å². The lowest BCUT2D eigenvalue weighted by Gasteiger charge is -2.21. The molecule has 0 aromatic heterocycles. The number of phosphoric acid groups is 2. The van der Waals surface area contributed by atoms with Crippen LogP contribution in [0.4, 0.5) is 0 Å². The third-order valence-corrected chi connectivity index (χ3v) is 18.8. The predicted molar refractivity (Wildman–Crippen MR) is 367 cm³/mol. The molecular weight excluding hydrogens is 1200 g/mol. The zero-order valence-electron chi connectivity index (χ0n) is 59.5. The highest BCUT2D eigenvalue weighted by atomic mass is 31.2. The van der Waals surface area contributed by atoms with Crippen molar-refractivity contribution in [2.24, 2.45) is 23.7 Å². The Labute approximate surface area is 556 Å². The number of phosphoric ester groups is 2. The van der Waals surface area contributed by atoms with Crippen molar-refractivity contribution in [3.63, 3.8) is 0 Å². The number of hydrogen-bond donors (Lipinski definition) is 3. The van der Waals surface area contributed by atoms with E-state index in [2.05, 4.69) is 55.4 Å². The molecule has 0 saturated carbocycles. The lowest BCUT2D eigenvalue weighted by Crippen LogP contribution is -2.30. The minimum atomic E-state index is -4.95. The molecular formula is C72H140O17P2. The summed E-state index contributed by atoms with van der Waals surface area (Å²) in [6.07, 6.45) is 44.4. The molecule has 540 valence electrons. The van der Waals surface area contributed by atoms with E-state index < -0.39 is 97.5 Å². The molecule has 3 N–H and O–H groups in total. The van der Waals surface area contributed by atoms with Crippen LogP contribution >= 0.6 is 15.6 Å². The molecule has 0 aliphatic carbocycles. The van der Waals surface area contributed by atoms with E-state index in [-0.39, 0.29) is 25.7 Å². The van der Waals surface area contributed by atoms with Crippen molar-refractivity contribution in [3.8, 4) is 0 Å².